The summed E-state index contributed by atoms with van der Waals surface area (Å²) in [6.45, 7) is -0.0471. The smallest absolute Gasteiger partial charge is 0.414 e. The van der Waals surface area contributed by atoms with E-state index >= 15 is 0 Å². The van der Waals surface area contributed by atoms with Crippen molar-refractivity contribution >= 4 is 17.5 Å². The maximum Gasteiger partial charge on any atom is 0.414 e. The predicted octanol–water partition coefficient (Wildman–Crippen LogP) is 0.444. The van der Waals surface area contributed by atoms with Crippen LogP contribution >= 0.6 is 0 Å². The quantitative estimate of drug-likeness (QED) is 0.746. The summed E-state index contributed by atoms with van der Waals surface area (Å²) < 4.78 is 19.0. The van der Waals surface area contributed by atoms with Gasteiger partial charge < -0.3 is 15.3 Å². The van der Waals surface area contributed by atoms with Crippen LogP contribution in [0.1, 0.15) is 0 Å². The van der Waals surface area contributed by atoms with E-state index in [9.17, 15) is 9.18 Å². The Labute approximate surface area is 114 Å². The summed E-state index contributed by atoms with van der Waals surface area (Å²) in [5, 5.41) is 10.5. The molecule has 1 aromatic rings. The van der Waals surface area contributed by atoms with Gasteiger partial charge in [0, 0.05) is 12.4 Å². The molecule has 0 aromatic heterocycles. The molecule has 7 nitrogen and oxygen atoms in total. The van der Waals surface area contributed by atoms with Crippen molar-refractivity contribution in [3.8, 4) is 0 Å². The zero-order valence-electron chi connectivity index (χ0n) is 10.4. The highest BCUT2D eigenvalue weighted by atomic mass is 19.1. The van der Waals surface area contributed by atoms with E-state index in [-0.39, 0.29) is 13.2 Å². The monoisotopic (exact) mass is 280 g/mol. The first-order valence-electron chi connectivity index (χ1n) is 6.04. The number of nitrogens with one attached hydrogen (secondary N) is 2. The van der Waals surface area contributed by atoms with E-state index in [1.54, 1.807) is 24.5 Å². The van der Waals surface area contributed by atoms with Crippen molar-refractivity contribution in [2.75, 3.05) is 23.1 Å². The van der Waals surface area contributed by atoms with Gasteiger partial charge in [-0.15, -0.1) is 5.53 Å². The zero-order valence-corrected chi connectivity index (χ0v) is 10.4. The van der Waals surface area contributed by atoms with Gasteiger partial charge in [-0.25, -0.2) is 9.18 Å². The van der Waals surface area contributed by atoms with E-state index in [0.717, 1.165) is 0 Å². The Balaban J connectivity index is 1.83. The Morgan fingerprint density at radius 2 is 2.35 bits per heavy atom. The Hall–Kier alpha value is -2.32. The van der Waals surface area contributed by atoms with Crippen molar-refractivity contribution < 1.29 is 19.0 Å². The molecule has 2 aliphatic rings. The summed E-state index contributed by atoms with van der Waals surface area (Å²) in [6.07, 6.45) is 2.09. The van der Waals surface area contributed by atoms with Gasteiger partial charge in [-0.05, 0) is 18.2 Å². The van der Waals surface area contributed by atoms with Crippen molar-refractivity contribution in [3.05, 3.63) is 36.4 Å². The molecule has 0 unspecified atom stereocenters. The number of carbonyl (C=O) groups is 1. The van der Waals surface area contributed by atoms with E-state index in [1.165, 1.54) is 16.0 Å². The largest absolute Gasteiger partial charge is 0.441 e. The fourth-order valence-corrected chi connectivity index (χ4v) is 2.08. The van der Waals surface area contributed by atoms with Crippen molar-refractivity contribution in [1.29, 1.82) is 0 Å². The topological polar surface area (TPSA) is 77.1 Å². The van der Waals surface area contributed by atoms with Crippen molar-refractivity contribution in [3.63, 3.8) is 0 Å². The number of ether oxygens (including phenoxy) is 1. The van der Waals surface area contributed by atoms with E-state index in [0.29, 0.717) is 11.4 Å². The summed E-state index contributed by atoms with van der Waals surface area (Å²) in [4.78, 5) is 12.9. The number of hydrogen-bond donors (Lipinski definition) is 3. The first-order valence-corrected chi connectivity index (χ1v) is 6.04. The minimum atomic E-state index is -0.586. The molecule has 0 radical (unpaired) electrons. The Morgan fingerprint density at radius 3 is 2.95 bits per heavy atom. The predicted molar refractivity (Wildman–Crippen MR) is 69.0 cm³/mol. The molecular weight excluding hydrogens is 267 g/mol. The van der Waals surface area contributed by atoms with Crippen molar-refractivity contribution in [2.24, 2.45) is 0 Å². The average molecular weight is 280 g/mol. The molecule has 1 saturated heterocycles. The van der Waals surface area contributed by atoms with Crippen LogP contribution in [0.15, 0.2) is 30.6 Å². The minimum absolute atomic E-state index is 0.206. The number of amides is 1. The number of nitrogens with zero attached hydrogens (tertiary/aromatic N) is 2. The summed E-state index contributed by atoms with van der Waals surface area (Å²) in [7, 11) is 0. The zero-order chi connectivity index (χ0) is 14.1. The lowest BCUT2D eigenvalue weighted by Gasteiger charge is -2.18. The fraction of sp³-hybridized carbons (Fsp3) is 0.250. The molecule has 2 heterocycles. The molecule has 0 bridgehead atoms. The lowest BCUT2D eigenvalue weighted by molar-refractivity contribution is 0.0963. The minimum Gasteiger partial charge on any atom is -0.441 e. The highest BCUT2D eigenvalue weighted by Gasteiger charge is 2.32. The van der Waals surface area contributed by atoms with Crippen molar-refractivity contribution in [1.82, 2.24) is 11.0 Å². The molecule has 106 valence electrons. The molecule has 20 heavy (non-hydrogen) atoms. The van der Waals surface area contributed by atoms with Gasteiger partial charge in [0.25, 0.3) is 0 Å². The van der Waals surface area contributed by atoms with Gasteiger partial charge in [-0.3, -0.25) is 9.91 Å². The number of hydrogen-bond acceptors (Lipinski definition) is 6. The molecule has 1 amide bonds. The van der Waals surface area contributed by atoms with Gasteiger partial charge >= 0.3 is 6.09 Å². The Morgan fingerprint density at radius 1 is 1.50 bits per heavy atom. The third kappa shape index (κ3) is 2.15. The number of benzene rings is 1. The third-order valence-corrected chi connectivity index (χ3v) is 3.07. The maximum atomic E-state index is 14.1. The molecule has 0 spiro atoms. The van der Waals surface area contributed by atoms with Gasteiger partial charge in [-0.2, -0.15) is 0 Å². The normalized spacial score (nSPS) is 21.3. The summed E-state index contributed by atoms with van der Waals surface area (Å²) in [5.74, 6) is -0.483. The van der Waals surface area contributed by atoms with Crippen LogP contribution in [0.2, 0.25) is 0 Å². The van der Waals surface area contributed by atoms with E-state index in [1.807, 2.05) is 0 Å². The molecular formula is C12H13FN4O3. The summed E-state index contributed by atoms with van der Waals surface area (Å²) in [5.41, 5.74) is 6.14. The second-order valence-corrected chi connectivity index (χ2v) is 4.38. The lowest BCUT2D eigenvalue weighted by atomic mass is 10.2. The van der Waals surface area contributed by atoms with Gasteiger partial charge in [0.05, 0.1) is 24.5 Å². The number of hydrazine groups is 2. The molecule has 0 aliphatic carbocycles. The summed E-state index contributed by atoms with van der Waals surface area (Å²) >= 11 is 0. The SMILES string of the molecule is O=C1O[C@@H](CO)CN1c1ccc(N2C=CNN2)c(F)c1. The van der Waals surface area contributed by atoms with Crippen LogP contribution in [0.4, 0.5) is 20.6 Å². The second-order valence-electron chi connectivity index (χ2n) is 4.38. The summed E-state index contributed by atoms with van der Waals surface area (Å²) in [6, 6.07) is 4.42. The molecule has 3 N–H and O–H groups in total. The molecule has 1 fully saturated rings. The van der Waals surface area contributed by atoms with Crippen LogP contribution in [0, 0.1) is 5.82 Å². The number of aliphatic hydroxyl groups excluding tert-OH is 1. The fourth-order valence-electron chi connectivity index (χ4n) is 2.08. The first kappa shape index (κ1) is 12.7. The number of carbonyl (C=O) groups excluding carboxylic acids is 1. The van der Waals surface area contributed by atoms with Gasteiger partial charge in [0.15, 0.2) is 0 Å². The number of aliphatic hydroxyl groups is 1. The van der Waals surface area contributed by atoms with Crippen molar-refractivity contribution in [2.45, 2.75) is 6.10 Å². The van der Waals surface area contributed by atoms with E-state index < -0.39 is 18.0 Å². The molecule has 1 atom stereocenters. The highest BCUT2D eigenvalue weighted by molar-refractivity contribution is 5.90. The van der Waals surface area contributed by atoms with Gasteiger partial charge in [0.1, 0.15) is 11.9 Å². The Bertz CT molecular complexity index is 566. The van der Waals surface area contributed by atoms with Gasteiger partial charge in [-0.1, -0.05) is 0 Å². The van der Waals surface area contributed by atoms with E-state index in [4.69, 9.17) is 9.84 Å². The average Bonchev–Trinajstić information content (AvgIpc) is 3.07. The van der Waals surface area contributed by atoms with Crippen LogP contribution in [0.5, 0.6) is 0 Å². The van der Waals surface area contributed by atoms with Crippen LogP contribution < -0.4 is 20.9 Å². The van der Waals surface area contributed by atoms with Gasteiger partial charge in [0.2, 0.25) is 0 Å². The molecule has 3 rings (SSSR count). The number of halogens is 1. The van der Waals surface area contributed by atoms with E-state index in [2.05, 4.69) is 11.0 Å². The molecule has 0 saturated carbocycles. The highest BCUT2D eigenvalue weighted by Crippen LogP contribution is 2.27. The number of anilines is 2. The molecule has 8 heteroatoms. The van der Waals surface area contributed by atoms with Crippen LogP contribution in [-0.4, -0.2) is 30.5 Å². The van der Waals surface area contributed by atoms with Crippen LogP contribution in [-0.2, 0) is 4.74 Å². The van der Waals surface area contributed by atoms with Crippen LogP contribution in [0.3, 0.4) is 0 Å². The lowest BCUT2D eigenvalue weighted by Crippen LogP contribution is -2.36. The second kappa shape index (κ2) is 4.99. The molecule has 1 aromatic carbocycles. The standard InChI is InChI=1S/C12H13FN4O3/c13-10-5-8(16-6-9(7-18)20-12(16)19)1-2-11(10)17-4-3-14-15-17/h1-5,9,14-15,18H,6-7H2/t9-/m1/s1. The maximum absolute atomic E-state index is 14.1. The Kier molecular flexibility index (Phi) is 3.17. The number of rotatable bonds is 3. The van der Waals surface area contributed by atoms with Crippen LogP contribution in [0.25, 0.3) is 0 Å². The first-order chi connectivity index (χ1) is 9.69. The third-order valence-electron chi connectivity index (χ3n) is 3.07. The molecule has 2 aliphatic heterocycles. The number of cyclic esters (lactones) is 1.